The highest BCUT2D eigenvalue weighted by molar-refractivity contribution is 14.0. The fraction of sp³-hybridized carbons (Fsp3) is 0.929. The smallest absolute Gasteiger partial charge is 0.191 e. The quantitative estimate of drug-likeness (QED) is 0.427. The van der Waals surface area contributed by atoms with Gasteiger partial charge in [-0.3, -0.25) is 4.99 Å². The van der Waals surface area contributed by atoms with Crippen LogP contribution >= 0.6 is 24.0 Å². The number of guanidine groups is 1. The van der Waals surface area contributed by atoms with E-state index in [1.807, 2.05) is 7.05 Å². The average molecular weight is 396 g/mol. The Bertz CT molecular complexity index is 329. The Balaban J connectivity index is 0.00000200. The van der Waals surface area contributed by atoms with Crippen LogP contribution in [-0.4, -0.2) is 63.3 Å². The molecule has 2 N–H and O–H groups in total. The molecule has 1 saturated heterocycles. The van der Waals surface area contributed by atoms with Gasteiger partial charge in [-0.25, -0.2) is 0 Å². The van der Waals surface area contributed by atoms with Gasteiger partial charge in [0.05, 0.1) is 0 Å². The first-order chi connectivity index (χ1) is 9.07. The second-order valence-corrected chi connectivity index (χ2v) is 6.12. The van der Waals surface area contributed by atoms with Crippen molar-refractivity contribution < 1.29 is 4.74 Å². The third kappa shape index (κ3) is 4.46. The molecule has 0 aromatic rings. The Morgan fingerprint density at radius 2 is 1.95 bits per heavy atom. The molecule has 0 aromatic carbocycles. The fourth-order valence-electron chi connectivity index (χ4n) is 2.68. The lowest BCUT2D eigenvalue weighted by atomic mass is 9.88. The molecule has 20 heavy (non-hydrogen) atoms. The van der Waals surface area contributed by atoms with E-state index in [0.29, 0.717) is 6.04 Å². The van der Waals surface area contributed by atoms with Gasteiger partial charge in [0.25, 0.3) is 0 Å². The zero-order chi connectivity index (χ0) is 13.9. The summed E-state index contributed by atoms with van der Waals surface area (Å²) in [5.41, 5.74) is 0.186. The summed E-state index contributed by atoms with van der Waals surface area (Å²) in [6.45, 7) is 4.89. The molecule has 6 heteroatoms. The minimum atomic E-state index is 0. The molecule has 2 fully saturated rings. The highest BCUT2D eigenvalue weighted by atomic mass is 127. The van der Waals surface area contributed by atoms with Crippen LogP contribution in [0.1, 0.15) is 26.2 Å². The van der Waals surface area contributed by atoms with Gasteiger partial charge in [0, 0.05) is 38.4 Å². The summed E-state index contributed by atoms with van der Waals surface area (Å²) in [7, 11) is 6.16. The van der Waals surface area contributed by atoms with Gasteiger partial charge in [0.2, 0.25) is 0 Å². The number of likely N-dealkylation sites (N-methyl/N-ethyl adjacent to an activating group) is 1. The second-order valence-electron chi connectivity index (χ2n) is 6.12. The lowest BCUT2D eigenvalue weighted by Gasteiger charge is -2.43. The Morgan fingerprint density at radius 1 is 1.35 bits per heavy atom. The maximum Gasteiger partial charge on any atom is 0.191 e. The highest BCUT2D eigenvalue weighted by Crippen LogP contribution is 2.29. The lowest BCUT2D eigenvalue weighted by molar-refractivity contribution is -0.00501. The molecule has 1 aliphatic carbocycles. The van der Waals surface area contributed by atoms with Crippen LogP contribution in [0.5, 0.6) is 0 Å². The molecule has 5 nitrogen and oxygen atoms in total. The molecule has 0 amide bonds. The van der Waals surface area contributed by atoms with E-state index in [-0.39, 0.29) is 29.5 Å². The van der Waals surface area contributed by atoms with E-state index in [9.17, 15) is 0 Å². The van der Waals surface area contributed by atoms with Crippen molar-refractivity contribution >= 4 is 29.9 Å². The molecular weight excluding hydrogens is 367 g/mol. The number of hydrogen-bond acceptors (Lipinski definition) is 3. The van der Waals surface area contributed by atoms with Crippen LogP contribution in [0.3, 0.4) is 0 Å². The largest absolute Gasteiger partial charge is 0.381 e. The van der Waals surface area contributed by atoms with Crippen molar-refractivity contribution in [3.8, 4) is 0 Å². The predicted molar refractivity (Wildman–Crippen MR) is 94.0 cm³/mol. The molecule has 0 spiro atoms. The molecule has 0 bridgehead atoms. The van der Waals surface area contributed by atoms with E-state index < -0.39 is 0 Å². The summed E-state index contributed by atoms with van der Waals surface area (Å²) >= 11 is 0. The standard InChI is InChI=1S/C14H28N4O.HI/c1-11-9-12(11)17-13(15-2)16-10-14(18(3)4)5-7-19-8-6-14;/h11-12H,5-10H2,1-4H3,(H2,15,16,17);1H. The van der Waals surface area contributed by atoms with Crippen molar-refractivity contribution in [3.05, 3.63) is 0 Å². The van der Waals surface area contributed by atoms with Gasteiger partial charge in [-0.05, 0) is 39.3 Å². The van der Waals surface area contributed by atoms with Crippen LogP contribution < -0.4 is 10.6 Å². The maximum absolute atomic E-state index is 5.50. The molecular formula is C14H29IN4O. The van der Waals surface area contributed by atoms with E-state index in [1.165, 1.54) is 6.42 Å². The van der Waals surface area contributed by atoms with Crippen molar-refractivity contribution in [2.75, 3.05) is 40.9 Å². The van der Waals surface area contributed by atoms with Crippen LogP contribution in [-0.2, 0) is 4.74 Å². The zero-order valence-corrected chi connectivity index (χ0v) is 15.4. The van der Waals surface area contributed by atoms with Crippen molar-refractivity contribution in [1.82, 2.24) is 15.5 Å². The van der Waals surface area contributed by atoms with E-state index in [0.717, 1.165) is 44.5 Å². The van der Waals surface area contributed by atoms with E-state index in [2.05, 4.69) is 41.5 Å². The van der Waals surface area contributed by atoms with Crippen LogP contribution in [0.15, 0.2) is 4.99 Å². The summed E-state index contributed by atoms with van der Waals surface area (Å²) in [5, 5.41) is 6.97. The molecule has 1 aliphatic heterocycles. The fourth-order valence-corrected chi connectivity index (χ4v) is 2.68. The minimum absolute atomic E-state index is 0. The molecule has 118 valence electrons. The number of aliphatic imine (C=N–C) groups is 1. The molecule has 2 atom stereocenters. The van der Waals surface area contributed by atoms with Crippen molar-refractivity contribution in [1.29, 1.82) is 0 Å². The number of rotatable bonds is 4. The summed E-state index contributed by atoms with van der Waals surface area (Å²) in [6, 6.07) is 0.608. The Morgan fingerprint density at radius 3 is 2.40 bits per heavy atom. The first kappa shape index (κ1) is 18.0. The van der Waals surface area contributed by atoms with E-state index in [4.69, 9.17) is 4.74 Å². The molecule has 2 rings (SSSR count). The molecule has 1 saturated carbocycles. The van der Waals surface area contributed by atoms with Gasteiger partial charge in [-0.15, -0.1) is 24.0 Å². The first-order valence-corrected chi connectivity index (χ1v) is 7.30. The van der Waals surface area contributed by atoms with E-state index in [1.54, 1.807) is 0 Å². The molecule has 2 unspecified atom stereocenters. The topological polar surface area (TPSA) is 48.9 Å². The maximum atomic E-state index is 5.50. The number of hydrogen-bond donors (Lipinski definition) is 2. The van der Waals surface area contributed by atoms with Gasteiger partial charge in [-0.2, -0.15) is 0 Å². The number of nitrogens with one attached hydrogen (secondary N) is 2. The third-order valence-electron chi connectivity index (χ3n) is 4.61. The Hall–Kier alpha value is -0.0800. The van der Waals surface area contributed by atoms with Crippen molar-refractivity contribution in [2.24, 2.45) is 10.9 Å². The number of nitrogens with zero attached hydrogens (tertiary/aromatic N) is 2. The SMILES string of the molecule is CN=C(NCC1(N(C)C)CCOCC1)NC1CC1C.I. The van der Waals surface area contributed by atoms with Crippen molar-refractivity contribution in [3.63, 3.8) is 0 Å². The van der Waals surface area contributed by atoms with Gasteiger partial charge in [0.15, 0.2) is 5.96 Å². The monoisotopic (exact) mass is 396 g/mol. The van der Waals surface area contributed by atoms with Crippen LogP contribution in [0, 0.1) is 5.92 Å². The normalized spacial score (nSPS) is 28.8. The minimum Gasteiger partial charge on any atom is -0.381 e. The number of ether oxygens (including phenoxy) is 1. The molecule has 1 heterocycles. The first-order valence-electron chi connectivity index (χ1n) is 7.30. The summed E-state index contributed by atoms with van der Waals surface area (Å²) in [4.78, 5) is 6.65. The van der Waals surface area contributed by atoms with Crippen molar-refractivity contribution in [2.45, 2.75) is 37.8 Å². The second kappa shape index (κ2) is 7.79. The van der Waals surface area contributed by atoms with Gasteiger partial charge >= 0.3 is 0 Å². The summed E-state index contributed by atoms with van der Waals surface area (Å²) in [5.74, 6) is 1.71. The highest BCUT2D eigenvalue weighted by Gasteiger charge is 2.36. The third-order valence-corrected chi connectivity index (χ3v) is 4.61. The van der Waals surface area contributed by atoms with Crippen LogP contribution in [0.25, 0.3) is 0 Å². The zero-order valence-electron chi connectivity index (χ0n) is 13.1. The summed E-state index contributed by atoms with van der Waals surface area (Å²) < 4.78 is 5.50. The molecule has 0 radical (unpaired) electrons. The number of halogens is 1. The van der Waals surface area contributed by atoms with Crippen LogP contribution in [0.2, 0.25) is 0 Å². The Kier molecular flexibility index (Phi) is 7.00. The average Bonchev–Trinajstić information content (AvgIpc) is 3.11. The Labute approximate surface area is 139 Å². The van der Waals surface area contributed by atoms with Crippen LogP contribution in [0.4, 0.5) is 0 Å². The molecule has 2 aliphatic rings. The summed E-state index contributed by atoms with van der Waals surface area (Å²) in [6.07, 6.45) is 3.40. The lowest BCUT2D eigenvalue weighted by Crippen LogP contribution is -2.57. The predicted octanol–water partition coefficient (Wildman–Crippen LogP) is 1.29. The van der Waals surface area contributed by atoms with E-state index >= 15 is 0 Å². The van der Waals surface area contributed by atoms with Gasteiger partial charge in [-0.1, -0.05) is 6.92 Å². The van der Waals surface area contributed by atoms with Gasteiger partial charge in [0.1, 0.15) is 0 Å². The molecule has 0 aromatic heterocycles. The van der Waals surface area contributed by atoms with Gasteiger partial charge < -0.3 is 20.3 Å².